The molecule has 0 aliphatic carbocycles. The lowest BCUT2D eigenvalue weighted by molar-refractivity contribution is 0.584. The molecule has 0 aliphatic heterocycles. The van der Waals surface area contributed by atoms with Crippen molar-refractivity contribution < 1.29 is 4.39 Å². The van der Waals surface area contributed by atoms with Crippen molar-refractivity contribution in [3.63, 3.8) is 0 Å². The Hall–Kier alpha value is -2.63. The number of pyridine rings is 1. The van der Waals surface area contributed by atoms with E-state index in [1.54, 1.807) is 24.5 Å². The van der Waals surface area contributed by atoms with Crippen LogP contribution in [0.15, 0.2) is 42.9 Å². The first-order chi connectivity index (χ1) is 10.8. The van der Waals surface area contributed by atoms with Crippen LogP contribution in [0.3, 0.4) is 0 Å². The van der Waals surface area contributed by atoms with Gasteiger partial charge < -0.3 is 4.57 Å². The summed E-state index contributed by atoms with van der Waals surface area (Å²) in [6.45, 7) is 2.67. The van der Waals surface area contributed by atoms with Crippen LogP contribution in [0, 0.1) is 5.95 Å². The Morgan fingerprint density at radius 2 is 2.09 bits per heavy atom. The number of imidazole rings is 1. The van der Waals surface area contributed by atoms with Gasteiger partial charge in [-0.25, -0.2) is 9.97 Å². The Morgan fingerprint density at radius 3 is 2.91 bits per heavy atom. The quantitative estimate of drug-likeness (QED) is 0.679. The molecule has 0 unspecified atom stereocenters. The second-order valence-electron chi connectivity index (χ2n) is 4.98. The van der Waals surface area contributed by atoms with Gasteiger partial charge in [0.1, 0.15) is 5.69 Å². The summed E-state index contributed by atoms with van der Waals surface area (Å²) in [6.07, 6.45) is 7.22. The predicted octanol–water partition coefficient (Wildman–Crippen LogP) is 2.88. The minimum absolute atomic E-state index is 0.505. The third-order valence-electron chi connectivity index (χ3n) is 3.39. The summed E-state index contributed by atoms with van der Waals surface area (Å²) in [5, 5.41) is 8.20. The standard InChI is InChI=1S/C16H16FN5/c1-2-4-12-7-8-19-21-14(12)11-22-10-9-18-16(22)13-5-3-6-15(17)20-13/h3,5-10H,2,4,11H2,1H3. The summed E-state index contributed by atoms with van der Waals surface area (Å²) in [5.74, 6) is 0.103. The molecule has 0 saturated heterocycles. The number of nitrogens with zero attached hydrogens (tertiary/aromatic N) is 5. The first-order valence-corrected chi connectivity index (χ1v) is 7.21. The molecule has 0 saturated carbocycles. The molecular formula is C16H16FN5. The zero-order chi connectivity index (χ0) is 15.4. The van der Waals surface area contributed by atoms with Gasteiger partial charge in [-0.3, -0.25) is 0 Å². The Kier molecular flexibility index (Phi) is 4.18. The number of hydrogen-bond donors (Lipinski definition) is 0. The normalized spacial score (nSPS) is 10.8. The third-order valence-corrected chi connectivity index (χ3v) is 3.39. The zero-order valence-corrected chi connectivity index (χ0v) is 12.3. The molecule has 3 heterocycles. The molecule has 0 radical (unpaired) electrons. The molecule has 0 aromatic carbocycles. The molecule has 3 aromatic heterocycles. The van der Waals surface area contributed by atoms with Crippen molar-refractivity contribution in [3.8, 4) is 11.5 Å². The minimum atomic E-state index is -0.516. The maximum Gasteiger partial charge on any atom is 0.213 e. The third kappa shape index (κ3) is 3.00. The van der Waals surface area contributed by atoms with Crippen molar-refractivity contribution in [3.05, 3.63) is 60.1 Å². The maximum atomic E-state index is 13.3. The average molecular weight is 297 g/mol. The van der Waals surface area contributed by atoms with E-state index in [4.69, 9.17) is 0 Å². The Morgan fingerprint density at radius 1 is 1.18 bits per heavy atom. The number of hydrogen-bond acceptors (Lipinski definition) is 4. The van der Waals surface area contributed by atoms with E-state index >= 15 is 0 Å². The van der Waals surface area contributed by atoms with Crippen LogP contribution in [-0.2, 0) is 13.0 Å². The molecule has 0 fully saturated rings. The largest absolute Gasteiger partial charge is 0.324 e. The van der Waals surface area contributed by atoms with Gasteiger partial charge in [-0.1, -0.05) is 19.4 Å². The van der Waals surface area contributed by atoms with Gasteiger partial charge >= 0.3 is 0 Å². The van der Waals surface area contributed by atoms with E-state index in [0.717, 1.165) is 18.5 Å². The van der Waals surface area contributed by atoms with E-state index in [-0.39, 0.29) is 0 Å². The lowest BCUT2D eigenvalue weighted by atomic mass is 10.1. The SMILES string of the molecule is CCCc1ccnnc1Cn1ccnc1-c1cccc(F)n1. The topological polar surface area (TPSA) is 56.5 Å². The van der Waals surface area contributed by atoms with Crippen LogP contribution in [0.1, 0.15) is 24.6 Å². The van der Waals surface area contributed by atoms with E-state index in [1.165, 1.54) is 11.6 Å². The Balaban J connectivity index is 1.93. The van der Waals surface area contributed by atoms with E-state index in [0.29, 0.717) is 18.1 Å². The van der Waals surface area contributed by atoms with Crippen LogP contribution in [0.25, 0.3) is 11.5 Å². The molecule has 6 heteroatoms. The first kappa shape index (κ1) is 14.3. The summed E-state index contributed by atoms with van der Waals surface area (Å²) in [7, 11) is 0. The highest BCUT2D eigenvalue weighted by molar-refractivity contribution is 5.49. The van der Waals surface area contributed by atoms with Gasteiger partial charge in [-0.15, -0.1) is 0 Å². The molecule has 0 spiro atoms. The summed E-state index contributed by atoms with van der Waals surface area (Å²) in [4.78, 5) is 8.18. The van der Waals surface area contributed by atoms with Crippen molar-refractivity contribution in [1.29, 1.82) is 0 Å². The monoisotopic (exact) mass is 297 g/mol. The van der Waals surface area contributed by atoms with Gasteiger partial charge in [0.05, 0.1) is 12.2 Å². The van der Waals surface area contributed by atoms with Crippen LogP contribution >= 0.6 is 0 Å². The van der Waals surface area contributed by atoms with Gasteiger partial charge in [0.25, 0.3) is 0 Å². The molecule has 3 rings (SSSR count). The highest BCUT2D eigenvalue weighted by Crippen LogP contribution is 2.17. The predicted molar refractivity (Wildman–Crippen MR) is 80.5 cm³/mol. The average Bonchev–Trinajstić information content (AvgIpc) is 2.98. The molecule has 0 atom stereocenters. The second kappa shape index (κ2) is 6.43. The highest BCUT2D eigenvalue weighted by Gasteiger charge is 2.11. The second-order valence-corrected chi connectivity index (χ2v) is 4.98. The van der Waals surface area contributed by atoms with Gasteiger partial charge in [-0.05, 0) is 30.2 Å². The molecule has 3 aromatic rings. The lowest BCUT2D eigenvalue weighted by Crippen LogP contribution is -2.08. The van der Waals surface area contributed by atoms with Crippen LogP contribution in [0.4, 0.5) is 4.39 Å². The molecule has 0 bridgehead atoms. The van der Waals surface area contributed by atoms with Gasteiger partial charge in [-0.2, -0.15) is 14.6 Å². The summed E-state index contributed by atoms with van der Waals surface area (Å²) >= 11 is 0. The van der Waals surface area contributed by atoms with Crippen molar-refractivity contribution in [2.45, 2.75) is 26.3 Å². The number of aromatic nitrogens is 5. The molecule has 0 amide bonds. The van der Waals surface area contributed by atoms with Gasteiger partial charge in [0, 0.05) is 18.6 Å². The minimum Gasteiger partial charge on any atom is -0.324 e. The number of halogens is 1. The molecule has 5 nitrogen and oxygen atoms in total. The van der Waals surface area contributed by atoms with Crippen LogP contribution in [0.5, 0.6) is 0 Å². The molecule has 0 N–H and O–H groups in total. The van der Waals surface area contributed by atoms with Crippen molar-refractivity contribution in [2.24, 2.45) is 0 Å². The molecular weight excluding hydrogens is 281 g/mol. The van der Waals surface area contributed by atoms with Gasteiger partial charge in [0.2, 0.25) is 5.95 Å². The maximum absolute atomic E-state index is 13.3. The fourth-order valence-electron chi connectivity index (χ4n) is 2.38. The van der Waals surface area contributed by atoms with E-state index in [1.807, 2.05) is 16.8 Å². The summed E-state index contributed by atoms with van der Waals surface area (Å²) in [5.41, 5.74) is 2.58. The zero-order valence-electron chi connectivity index (χ0n) is 12.3. The van der Waals surface area contributed by atoms with Crippen LogP contribution in [-0.4, -0.2) is 24.7 Å². The van der Waals surface area contributed by atoms with Gasteiger partial charge in [0.15, 0.2) is 5.82 Å². The molecule has 112 valence electrons. The van der Waals surface area contributed by atoms with E-state index in [9.17, 15) is 4.39 Å². The van der Waals surface area contributed by atoms with Crippen molar-refractivity contribution >= 4 is 0 Å². The number of aryl methyl sites for hydroxylation is 1. The fraction of sp³-hybridized carbons (Fsp3) is 0.250. The van der Waals surface area contributed by atoms with E-state index < -0.39 is 5.95 Å². The molecule has 0 aliphatic rings. The fourth-order valence-corrected chi connectivity index (χ4v) is 2.38. The van der Waals surface area contributed by atoms with Crippen LogP contribution < -0.4 is 0 Å². The molecule has 22 heavy (non-hydrogen) atoms. The highest BCUT2D eigenvalue weighted by atomic mass is 19.1. The summed E-state index contributed by atoms with van der Waals surface area (Å²) < 4.78 is 15.2. The summed E-state index contributed by atoms with van der Waals surface area (Å²) in [6, 6.07) is 6.68. The van der Waals surface area contributed by atoms with Crippen molar-refractivity contribution in [2.75, 3.05) is 0 Å². The number of rotatable bonds is 5. The Labute approximate surface area is 127 Å². The van der Waals surface area contributed by atoms with Crippen molar-refractivity contribution in [1.82, 2.24) is 24.7 Å². The van der Waals surface area contributed by atoms with E-state index in [2.05, 4.69) is 27.1 Å². The first-order valence-electron chi connectivity index (χ1n) is 7.21. The lowest BCUT2D eigenvalue weighted by Gasteiger charge is -2.10. The Bertz CT molecular complexity index is 768. The smallest absolute Gasteiger partial charge is 0.213 e. The van der Waals surface area contributed by atoms with Crippen LogP contribution in [0.2, 0.25) is 0 Å².